The third-order valence-electron chi connectivity index (χ3n) is 2.10. The normalized spacial score (nSPS) is 10.9. The zero-order chi connectivity index (χ0) is 10.6. The zero-order valence-corrected chi connectivity index (χ0v) is 9.12. The number of nitrogens with zero attached hydrogens (tertiary/aromatic N) is 3. The van der Waals surface area contributed by atoms with Crippen molar-refractivity contribution in [2.75, 3.05) is 20.6 Å². The second-order valence-electron chi connectivity index (χ2n) is 3.65. The fourth-order valence-corrected chi connectivity index (χ4v) is 1.23. The molecule has 0 atom stereocenters. The lowest BCUT2D eigenvalue weighted by Crippen LogP contribution is -2.17. The molecular formula is C10H18N4. The van der Waals surface area contributed by atoms with Crippen LogP contribution in [0.25, 0.3) is 0 Å². The largest absolute Gasteiger partial charge is 0.325 e. The van der Waals surface area contributed by atoms with Crippen LogP contribution in [0.2, 0.25) is 0 Å². The van der Waals surface area contributed by atoms with Crippen molar-refractivity contribution in [1.29, 1.82) is 0 Å². The Bertz CT molecular complexity index is 296. The van der Waals surface area contributed by atoms with Crippen LogP contribution in [0.1, 0.15) is 17.1 Å². The summed E-state index contributed by atoms with van der Waals surface area (Å²) in [6.45, 7) is 3.44. The van der Waals surface area contributed by atoms with E-state index in [2.05, 4.69) is 29.0 Å². The highest BCUT2D eigenvalue weighted by Gasteiger charge is 2.03. The van der Waals surface area contributed by atoms with Gasteiger partial charge in [-0.05, 0) is 21.0 Å². The highest BCUT2D eigenvalue weighted by atomic mass is 15.0. The molecule has 1 rings (SSSR count). The molecule has 78 valence electrons. The Hall–Kier alpha value is -1.00. The molecule has 0 spiro atoms. The number of hydrogen-bond donors (Lipinski definition) is 1. The summed E-state index contributed by atoms with van der Waals surface area (Å²) < 4.78 is 0. The van der Waals surface area contributed by atoms with Crippen molar-refractivity contribution < 1.29 is 0 Å². The SMILES string of the molecule is Cc1nc(CN)cnc1CCN(C)C. The maximum Gasteiger partial charge on any atom is 0.0725 e. The van der Waals surface area contributed by atoms with Crippen molar-refractivity contribution in [2.45, 2.75) is 19.9 Å². The number of rotatable bonds is 4. The minimum absolute atomic E-state index is 0.460. The molecule has 14 heavy (non-hydrogen) atoms. The van der Waals surface area contributed by atoms with Crippen molar-refractivity contribution in [3.8, 4) is 0 Å². The van der Waals surface area contributed by atoms with E-state index in [0.29, 0.717) is 6.54 Å². The van der Waals surface area contributed by atoms with Gasteiger partial charge in [0.25, 0.3) is 0 Å². The number of hydrogen-bond acceptors (Lipinski definition) is 4. The second kappa shape index (κ2) is 5.02. The first-order valence-corrected chi connectivity index (χ1v) is 4.79. The molecule has 0 unspecified atom stereocenters. The zero-order valence-electron chi connectivity index (χ0n) is 9.12. The molecule has 0 aliphatic rings. The Morgan fingerprint density at radius 3 is 2.64 bits per heavy atom. The summed E-state index contributed by atoms with van der Waals surface area (Å²) in [5.41, 5.74) is 8.40. The van der Waals surface area contributed by atoms with Gasteiger partial charge >= 0.3 is 0 Å². The van der Waals surface area contributed by atoms with E-state index in [0.717, 1.165) is 30.0 Å². The Balaban J connectivity index is 2.69. The molecule has 0 saturated carbocycles. The summed E-state index contributed by atoms with van der Waals surface area (Å²) in [6, 6.07) is 0. The highest BCUT2D eigenvalue weighted by molar-refractivity contribution is 5.12. The van der Waals surface area contributed by atoms with Crippen LogP contribution in [0, 0.1) is 6.92 Å². The van der Waals surface area contributed by atoms with Gasteiger partial charge in [0, 0.05) is 19.5 Å². The van der Waals surface area contributed by atoms with Gasteiger partial charge in [-0.3, -0.25) is 9.97 Å². The smallest absolute Gasteiger partial charge is 0.0725 e. The topological polar surface area (TPSA) is 55.0 Å². The maximum absolute atomic E-state index is 5.48. The Morgan fingerprint density at radius 2 is 2.14 bits per heavy atom. The van der Waals surface area contributed by atoms with Crippen molar-refractivity contribution in [3.63, 3.8) is 0 Å². The lowest BCUT2D eigenvalue weighted by Gasteiger charge is -2.10. The van der Waals surface area contributed by atoms with Crippen LogP contribution in [-0.4, -0.2) is 35.5 Å². The van der Waals surface area contributed by atoms with Crippen molar-refractivity contribution in [2.24, 2.45) is 5.73 Å². The summed E-state index contributed by atoms with van der Waals surface area (Å²) in [4.78, 5) is 10.9. The monoisotopic (exact) mass is 194 g/mol. The van der Waals surface area contributed by atoms with Gasteiger partial charge in [0.1, 0.15) is 0 Å². The molecule has 1 aromatic rings. The summed E-state index contributed by atoms with van der Waals surface area (Å²) >= 11 is 0. The van der Waals surface area contributed by atoms with E-state index in [-0.39, 0.29) is 0 Å². The third-order valence-corrected chi connectivity index (χ3v) is 2.10. The molecule has 0 saturated heterocycles. The Morgan fingerprint density at radius 1 is 1.43 bits per heavy atom. The predicted octanol–water partition coefficient (Wildman–Crippen LogP) is 0.348. The lowest BCUT2D eigenvalue weighted by molar-refractivity contribution is 0.411. The highest BCUT2D eigenvalue weighted by Crippen LogP contribution is 2.03. The number of aryl methyl sites for hydroxylation is 1. The second-order valence-corrected chi connectivity index (χ2v) is 3.65. The quantitative estimate of drug-likeness (QED) is 0.751. The van der Waals surface area contributed by atoms with E-state index < -0.39 is 0 Å². The van der Waals surface area contributed by atoms with Gasteiger partial charge in [-0.25, -0.2) is 0 Å². The first-order chi connectivity index (χ1) is 6.63. The fourth-order valence-electron chi connectivity index (χ4n) is 1.23. The van der Waals surface area contributed by atoms with E-state index in [1.165, 1.54) is 0 Å². The van der Waals surface area contributed by atoms with Gasteiger partial charge in [0.2, 0.25) is 0 Å². The number of likely N-dealkylation sites (N-methyl/N-ethyl adjacent to an activating group) is 1. The van der Waals surface area contributed by atoms with Crippen LogP contribution < -0.4 is 5.73 Å². The van der Waals surface area contributed by atoms with Crippen LogP contribution in [-0.2, 0) is 13.0 Å². The molecule has 4 heteroatoms. The fraction of sp³-hybridized carbons (Fsp3) is 0.600. The molecule has 4 nitrogen and oxygen atoms in total. The summed E-state index contributed by atoms with van der Waals surface area (Å²) in [7, 11) is 4.11. The van der Waals surface area contributed by atoms with E-state index in [9.17, 15) is 0 Å². The van der Waals surface area contributed by atoms with Gasteiger partial charge in [-0.1, -0.05) is 0 Å². The van der Waals surface area contributed by atoms with Crippen LogP contribution in [0.5, 0.6) is 0 Å². The van der Waals surface area contributed by atoms with Crippen molar-refractivity contribution >= 4 is 0 Å². The van der Waals surface area contributed by atoms with Crippen LogP contribution in [0.4, 0.5) is 0 Å². The van der Waals surface area contributed by atoms with Gasteiger partial charge in [0.05, 0.1) is 23.3 Å². The van der Waals surface area contributed by atoms with Crippen molar-refractivity contribution in [3.05, 3.63) is 23.3 Å². The molecule has 1 heterocycles. The summed E-state index contributed by atoms with van der Waals surface area (Å²) in [5.74, 6) is 0. The van der Waals surface area contributed by atoms with Gasteiger partial charge in [0.15, 0.2) is 0 Å². The molecular weight excluding hydrogens is 176 g/mol. The molecule has 0 fully saturated rings. The molecule has 2 N–H and O–H groups in total. The predicted molar refractivity (Wildman–Crippen MR) is 56.9 cm³/mol. The summed E-state index contributed by atoms with van der Waals surface area (Å²) in [6.07, 6.45) is 2.70. The maximum atomic E-state index is 5.48. The van der Waals surface area contributed by atoms with E-state index in [1.807, 2.05) is 6.92 Å². The van der Waals surface area contributed by atoms with Gasteiger partial charge in [-0.2, -0.15) is 0 Å². The van der Waals surface area contributed by atoms with Crippen LogP contribution >= 0.6 is 0 Å². The summed E-state index contributed by atoms with van der Waals surface area (Å²) in [5, 5.41) is 0. The van der Waals surface area contributed by atoms with Crippen molar-refractivity contribution in [1.82, 2.24) is 14.9 Å². The molecule has 0 amide bonds. The molecule has 0 radical (unpaired) electrons. The standard InChI is InChI=1S/C10H18N4/c1-8-10(4-5-14(2)3)12-7-9(6-11)13-8/h7H,4-6,11H2,1-3H3. The van der Waals surface area contributed by atoms with E-state index >= 15 is 0 Å². The minimum Gasteiger partial charge on any atom is -0.325 e. The number of nitrogens with two attached hydrogens (primary N) is 1. The van der Waals surface area contributed by atoms with Crippen LogP contribution in [0.15, 0.2) is 6.20 Å². The molecule has 1 aromatic heterocycles. The lowest BCUT2D eigenvalue weighted by atomic mass is 10.2. The minimum atomic E-state index is 0.460. The Labute approximate surface area is 85.2 Å². The van der Waals surface area contributed by atoms with Gasteiger partial charge < -0.3 is 10.6 Å². The number of aromatic nitrogens is 2. The molecule has 0 aliphatic carbocycles. The average Bonchev–Trinajstić information content (AvgIpc) is 2.15. The van der Waals surface area contributed by atoms with E-state index in [1.54, 1.807) is 6.20 Å². The average molecular weight is 194 g/mol. The Kier molecular flexibility index (Phi) is 3.98. The molecule has 0 aromatic carbocycles. The molecule has 0 aliphatic heterocycles. The first-order valence-electron chi connectivity index (χ1n) is 4.79. The van der Waals surface area contributed by atoms with E-state index in [4.69, 9.17) is 5.73 Å². The third kappa shape index (κ3) is 3.05. The molecule has 0 bridgehead atoms. The van der Waals surface area contributed by atoms with Gasteiger partial charge in [-0.15, -0.1) is 0 Å². The van der Waals surface area contributed by atoms with Crippen LogP contribution in [0.3, 0.4) is 0 Å². The first kappa shape index (κ1) is 11.1.